The molecule has 1 atom stereocenters. The lowest BCUT2D eigenvalue weighted by molar-refractivity contribution is 0.397. The summed E-state index contributed by atoms with van der Waals surface area (Å²) in [5.41, 5.74) is 1.16. The van der Waals surface area contributed by atoms with Crippen molar-refractivity contribution < 1.29 is 4.74 Å². The van der Waals surface area contributed by atoms with E-state index in [1.807, 2.05) is 23.9 Å². The van der Waals surface area contributed by atoms with Gasteiger partial charge in [-0.1, -0.05) is 38.5 Å². The molecule has 4 nitrogen and oxygen atoms in total. The van der Waals surface area contributed by atoms with Gasteiger partial charge >= 0.3 is 0 Å². The minimum atomic E-state index is 0.638. The van der Waals surface area contributed by atoms with E-state index < -0.39 is 0 Å². The highest BCUT2D eigenvalue weighted by molar-refractivity contribution is 8.14. The first-order valence-electron chi connectivity index (χ1n) is 7.20. The Hall–Kier alpha value is -1.23. The summed E-state index contributed by atoms with van der Waals surface area (Å²) in [6, 6.07) is 3.94. The first-order valence-corrected chi connectivity index (χ1v) is 8.08. The van der Waals surface area contributed by atoms with Crippen LogP contribution in [-0.4, -0.2) is 29.1 Å². The van der Waals surface area contributed by atoms with Gasteiger partial charge in [0.1, 0.15) is 0 Å². The number of pyridine rings is 1. The summed E-state index contributed by atoms with van der Waals surface area (Å²) in [5.74, 6) is 1.42. The van der Waals surface area contributed by atoms with Gasteiger partial charge in [-0.05, 0) is 17.5 Å². The van der Waals surface area contributed by atoms with Crippen molar-refractivity contribution in [1.82, 2.24) is 10.3 Å². The van der Waals surface area contributed by atoms with Crippen LogP contribution < -0.4 is 10.1 Å². The van der Waals surface area contributed by atoms with Crippen LogP contribution in [-0.2, 0) is 6.54 Å². The SMILES string of the molecule is CCC(CC)C1CN=C(NCc2ccnc(OC)c2)S1. The third-order valence-electron chi connectivity index (χ3n) is 3.70. The molecule has 0 bridgehead atoms. The van der Waals surface area contributed by atoms with Crippen molar-refractivity contribution >= 4 is 16.9 Å². The molecule has 5 heteroatoms. The maximum absolute atomic E-state index is 5.13. The number of methoxy groups -OCH3 is 1. The Balaban J connectivity index is 1.83. The second-order valence-corrected chi connectivity index (χ2v) is 6.17. The number of aromatic nitrogens is 1. The first-order chi connectivity index (χ1) is 9.76. The molecule has 0 radical (unpaired) electrons. The smallest absolute Gasteiger partial charge is 0.213 e. The van der Waals surface area contributed by atoms with Crippen molar-refractivity contribution in [3.05, 3.63) is 23.9 Å². The van der Waals surface area contributed by atoms with Crippen LogP contribution in [0.5, 0.6) is 5.88 Å². The molecular formula is C15H23N3OS. The van der Waals surface area contributed by atoms with E-state index in [1.54, 1.807) is 13.3 Å². The Morgan fingerprint density at radius 3 is 2.95 bits per heavy atom. The second kappa shape index (κ2) is 7.53. The molecule has 1 aromatic heterocycles. The quantitative estimate of drug-likeness (QED) is 0.875. The molecule has 0 fully saturated rings. The predicted molar refractivity (Wildman–Crippen MR) is 85.4 cm³/mol. The molecule has 0 aliphatic carbocycles. The van der Waals surface area contributed by atoms with Gasteiger partial charge in [-0.3, -0.25) is 4.99 Å². The van der Waals surface area contributed by atoms with Crippen molar-refractivity contribution in [1.29, 1.82) is 0 Å². The third kappa shape index (κ3) is 3.88. The monoisotopic (exact) mass is 293 g/mol. The number of aliphatic imine (C=N–C) groups is 1. The van der Waals surface area contributed by atoms with Gasteiger partial charge in [0.2, 0.25) is 5.88 Å². The van der Waals surface area contributed by atoms with Gasteiger partial charge in [0.05, 0.1) is 13.7 Å². The number of hydrogen-bond donors (Lipinski definition) is 1. The van der Waals surface area contributed by atoms with Gasteiger partial charge in [0.15, 0.2) is 5.17 Å². The third-order valence-corrected chi connectivity index (χ3v) is 5.04. The zero-order valence-corrected chi connectivity index (χ0v) is 13.2. The molecule has 1 unspecified atom stereocenters. The Labute approximate surface area is 125 Å². The highest BCUT2D eigenvalue weighted by Gasteiger charge is 2.25. The largest absolute Gasteiger partial charge is 0.481 e. The van der Waals surface area contributed by atoms with Crippen molar-refractivity contribution in [2.45, 2.75) is 38.5 Å². The van der Waals surface area contributed by atoms with Crippen LogP contribution in [0.4, 0.5) is 0 Å². The van der Waals surface area contributed by atoms with Crippen molar-refractivity contribution in [3.8, 4) is 5.88 Å². The van der Waals surface area contributed by atoms with Crippen molar-refractivity contribution in [2.24, 2.45) is 10.9 Å². The maximum atomic E-state index is 5.13. The minimum Gasteiger partial charge on any atom is -0.481 e. The molecule has 1 aliphatic heterocycles. The average molecular weight is 293 g/mol. The molecule has 0 saturated carbocycles. The van der Waals surface area contributed by atoms with Crippen molar-refractivity contribution in [2.75, 3.05) is 13.7 Å². The summed E-state index contributed by atoms with van der Waals surface area (Å²) in [6.07, 6.45) is 4.24. The molecule has 2 rings (SSSR count). The molecule has 1 aromatic rings. The predicted octanol–water partition coefficient (Wildman–Crippen LogP) is 3.09. The highest BCUT2D eigenvalue weighted by Crippen LogP contribution is 2.30. The lowest BCUT2D eigenvalue weighted by Gasteiger charge is -2.18. The highest BCUT2D eigenvalue weighted by atomic mass is 32.2. The van der Waals surface area contributed by atoms with E-state index in [0.29, 0.717) is 11.1 Å². The molecule has 2 heterocycles. The standard InChI is InChI=1S/C15H23N3OS/c1-4-12(5-2)13-10-18-15(20-13)17-9-11-6-7-16-14(8-11)19-3/h6-8,12-13H,4-5,9-10H2,1-3H3,(H,17,18). The number of ether oxygens (including phenoxy) is 1. The molecule has 110 valence electrons. The Kier molecular flexibility index (Phi) is 5.71. The first kappa shape index (κ1) is 15.2. The lowest BCUT2D eigenvalue weighted by atomic mass is 9.99. The Bertz CT molecular complexity index is 460. The molecular weight excluding hydrogens is 270 g/mol. The molecule has 20 heavy (non-hydrogen) atoms. The van der Waals surface area contributed by atoms with Gasteiger partial charge in [-0.25, -0.2) is 4.98 Å². The summed E-state index contributed by atoms with van der Waals surface area (Å²) in [6.45, 7) is 6.24. The molecule has 0 saturated heterocycles. The van der Waals surface area contributed by atoms with Gasteiger partial charge in [0, 0.05) is 24.1 Å². The molecule has 0 spiro atoms. The summed E-state index contributed by atoms with van der Waals surface area (Å²) in [5, 5.41) is 5.12. The van der Waals surface area contributed by atoms with Crippen LogP contribution in [0.25, 0.3) is 0 Å². The van der Waals surface area contributed by atoms with E-state index in [-0.39, 0.29) is 0 Å². The topological polar surface area (TPSA) is 46.5 Å². The lowest BCUT2D eigenvalue weighted by Crippen LogP contribution is -2.21. The van der Waals surface area contributed by atoms with E-state index in [1.165, 1.54) is 12.8 Å². The Morgan fingerprint density at radius 1 is 1.45 bits per heavy atom. The molecule has 1 aliphatic rings. The fourth-order valence-corrected chi connectivity index (χ4v) is 3.72. The van der Waals surface area contributed by atoms with E-state index in [4.69, 9.17) is 4.74 Å². The van der Waals surface area contributed by atoms with Gasteiger partial charge in [-0.15, -0.1) is 0 Å². The zero-order chi connectivity index (χ0) is 14.4. The van der Waals surface area contributed by atoms with Crippen LogP contribution in [0.2, 0.25) is 0 Å². The number of amidine groups is 1. The second-order valence-electron chi connectivity index (χ2n) is 4.94. The van der Waals surface area contributed by atoms with Crippen LogP contribution in [0.3, 0.4) is 0 Å². The van der Waals surface area contributed by atoms with E-state index >= 15 is 0 Å². The van der Waals surface area contributed by atoms with E-state index in [2.05, 4.69) is 29.1 Å². The molecule has 0 amide bonds. The van der Waals surface area contributed by atoms with Crippen LogP contribution in [0.1, 0.15) is 32.3 Å². The van der Waals surface area contributed by atoms with Gasteiger partial charge < -0.3 is 10.1 Å². The maximum Gasteiger partial charge on any atom is 0.213 e. The number of hydrogen-bond acceptors (Lipinski definition) is 5. The minimum absolute atomic E-state index is 0.638. The van der Waals surface area contributed by atoms with Gasteiger partial charge in [-0.2, -0.15) is 0 Å². The zero-order valence-electron chi connectivity index (χ0n) is 12.4. The summed E-state index contributed by atoms with van der Waals surface area (Å²) in [4.78, 5) is 8.72. The normalized spacial score (nSPS) is 18.2. The fraction of sp³-hybridized carbons (Fsp3) is 0.600. The summed E-state index contributed by atoms with van der Waals surface area (Å²) < 4.78 is 5.13. The van der Waals surface area contributed by atoms with Crippen molar-refractivity contribution in [3.63, 3.8) is 0 Å². The van der Waals surface area contributed by atoms with Gasteiger partial charge in [0.25, 0.3) is 0 Å². The molecule has 1 N–H and O–H groups in total. The van der Waals surface area contributed by atoms with Crippen LogP contribution in [0, 0.1) is 5.92 Å². The van der Waals surface area contributed by atoms with E-state index in [0.717, 1.165) is 29.7 Å². The van der Waals surface area contributed by atoms with E-state index in [9.17, 15) is 0 Å². The molecule has 0 aromatic carbocycles. The summed E-state index contributed by atoms with van der Waals surface area (Å²) >= 11 is 1.89. The summed E-state index contributed by atoms with van der Waals surface area (Å²) in [7, 11) is 1.64. The van der Waals surface area contributed by atoms with Crippen LogP contribution in [0.15, 0.2) is 23.3 Å². The Morgan fingerprint density at radius 2 is 2.25 bits per heavy atom. The number of nitrogens with one attached hydrogen (secondary N) is 1. The fourth-order valence-electron chi connectivity index (χ4n) is 2.40. The number of rotatable bonds is 6. The number of nitrogens with zero attached hydrogens (tertiary/aromatic N) is 2. The van der Waals surface area contributed by atoms with Crippen LogP contribution >= 0.6 is 11.8 Å². The average Bonchev–Trinajstić information content (AvgIpc) is 2.95. The number of thioether (sulfide) groups is 1.